The van der Waals surface area contributed by atoms with E-state index in [4.69, 9.17) is 4.74 Å². The molecule has 1 aromatic carbocycles. The number of halogens is 1. The average Bonchev–Trinajstić information content (AvgIpc) is 3.00. The zero-order valence-corrected chi connectivity index (χ0v) is 16.1. The van der Waals surface area contributed by atoms with Crippen LogP contribution < -0.4 is 10.2 Å². The first-order valence-corrected chi connectivity index (χ1v) is 9.73. The van der Waals surface area contributed by atoms with Gasteiger partial charge in [-0.3, -0.25) is 14.5 Å². The predicted octanol–water partition coefficient (Wildman–Crippen LogP) is 0.588. The van der Waals surface area contributed by atoms with Crippen molar-refractivity contribution in [3.8, 4) is 0 Å². The van der Waals surface area contributed by atoms with Crippen LogP contribution in [0.4, 0.5) is 4.39 Å². The lowest BCUT2D eigenvalue weighted by molar-refractivity contribution is -0.856. The van der Waals surface area contributed by atoms with Gasteiger partial charge in [-0.1, -0.05) is 6.42 Å². The molecule has 27 heavy (non-hydrogen) atoms. The molecule has 1 spiro atoms. The zero-order valence-electron chi connectivity index (χ0n) is 16.1. The van der Waals surface area contributed by atoms with Gasteiger partial charge in [0.05, 0.1) is 33.8 Å². The highest BCUT2D eigenvalue weighted by Crippen LogP contribution is 2.41. The minimum Gasteiger partial charge on any atom is -0.353 e. The summed E-state index contributed by atoms with van der Waals surface area (Å²) in [4.78, 5) is 28.9. The van der Waals surface area contributed by atoms with E-state index in [9.17, 15) is 14.0 Å². The first-order valence-electron chi connectivity index (χ1n) is 9.73. The second-order valence-electron chi connectivity index (χ2n) is 7.76. The Morgan fingerprint density at radius 2 is 1.89 bits per heavy atom. The van der Waals surface area contributed by atoms with Crippen molar-refractivity contribution in [3.63, 3.8) is 0 Å². The number of carbonyl (C=O) groups is 2. The first-order chi connectivity index (χ1) is 12.9. The standard InChI is InChI=1S/C20H28FN3O3/c1-23(2)13-12-22-18(25)17-14-27-20(10-4-3-5-11-20)24(17)19(26)15-6-8-16(21)9-7-15/h6-9,17H,3-5,10-14H2,1-2H3,(H,22,25)/p+1/t17-/m0/s1. The summed E-state index contributed by atoms with van der Waals surface area (Å²) in [5.74, 6) is -0.848. The predicted molar refractivity (Wildman–Crippen MR) is 98.8 cm³/mol. The Hall–Kier alpha value is -1.99. The number of ether oxygens (including phenoxy) is 1. The van der Waals surface area contributed by atoms with Crippen molar-refractivity contribution < 1.29 is 23.6 Å². The lowest BCUT2D eigenvalue weighted by Crippen LogP contribution is -3.06. The molecule has 0 aromatic heterocycles. The third-order valence-corrected chi connectivity index (χ3v) is 5.43. The normalized spacial score (nSPS) is 21.6. The van der Waals surface area contributed by atoms with E-state index in [1.807, 2.05) is 14.1 Å². The van der Waals surface area contributed by atoms with Crippen molar-refractivity contribution in [2.24, 2.45) is 0 Å². The molecule has 7 heteroatoms. The molecule has 2 amide bonds. The molecule has 1 aliphatic carbocycles. The van der Waals surface area contributed by atoms with Gasteiger partial charge in [-0.2, -0.15) is 0 Å². The van der Waals surface area contributed by atoms with E-state index >= 15 is 0 Å². The summed E-state index contributed by atoms with van der Waals surface area (Å²) in [6.07, 6.45) is 4.49. The zero-order chi connectivity index (χ0) is 19.4. The Bertz CT molecular complexity index is 672. The fourth-order valence-corrected chi connectivity index (χ4v) is 3.96. The molecule has 6 nitrogen and oxygen atoms in total. The number of quaternary nitrogens is 1. The number of rotatable bonds is 5. The van der Waals surface area contributed by atoms with E-state index in [1.54, 1.807) is 4.90 Å². The average molecular weight is 378 g/mol. The van der Waals surface area contributed by atoms with Gasteiger partial charge in [0.15, 0.2) is 0 Å². The smallest absolute Gasteiger partial charge is 0.256 e. The topological polar surface area (TPSA) is 63.1 Å². The van der Waals surface area contributed by atoms with Gasteiger partial charge in [-0.25, -0.2) is 4.39 Å². The van der Waals surface area contributed by atoms with Crippen molar-refractivity contribution in [1.29, 1.82) is 0 Å². The van der Waals surface area contributed by atoms with Crippen LogP contribution in [0, 0.1) is 5.82 Å². The van der Waals surface area contributed by atoms with E-state index in [-0.39, 0.29) is 18.4 Å². The maximum absolute atomic E-state index is 13.3. The number of nitrogens with one attached hydrogen (secondary N) is 2. The largest absolute Gasteiger partial charge is 0.353 e. The molecule has 2 N–H and O–H groups in total. The van der Waals surface area contributed by atoms with Crippen LogP contribution in [0.15, 0.2) is 24.3 Å². The summed E-state index contributed by atoms with van der Waals surface area (Å²) < 4.78 is 19.4. The number of likely N-dealkylation sites (N-methyl/N-ethyl adjacent to an activating group) is 1. The second kappa shape index (κ2) is 8.35. The monoisotopic (exact) mass is 378 g/mol. The lowest BCUT2D eigenvalue weighted by atomic mass is 9.89. The maximum atomic E-state index is 13.3. The number of hydrogen-bond donors (Lipinski definition) is 2. The molecule has 2 fully saturated rings. The molecule has 3 rings (SSSR count). The van der Waals surface area contributed by atoms with Gasteiger partial charge in [0, 0.05) is 5.56 Å². The Labute approximate surface area is 159 Å². The third-order valence-electron chi connectivity index (χ3n) is 5.43. The molecular formula is C20H29FN3O3+. The van der Waals surface area contributed by atoms with Crippen LogP contribution in [-0.2, 0) is 9.53 Å². The minimum absolute atomic E-state index is 0.186. The van der Waals surface area contributed by atoms with Crippen LogP contribution in [-0.4, -0.2) is 62.3 Å². The Balaban J connectivity index is 1.83. The van der Waals surface area contributed by atoms with Crippen molar-refractivity contribution in [3.05, 3.63) is 35.6 Å². The van der Waals surface area contributed by atoms with Gasteiger partial charge in [0.2, 0.25) is 5.91 Å². The highest BCUT2D eigenvalue weighted by molar-refractivity contribution is 5.98. The van der Waals surface area contributed by atoms with Crippen molar-refractivity contribution in [2.75, 3.05) is 33.8 Å². The molecule has 2 aliphatic rings. The van der Waals surface area contributed by atoms with E-state index < -0.39 is 17.6 Å². The summed E-state index contributed by atoms with van der Waals surface area (Å²) in [6, 6.07) is 4.82. The minimum atomic E-state index is -0.724. The summed E-state index contributed by atoms with van der Waals surface area (Å²) in [5.41, 5.74) is -0.346. The fraction of sp³-hybridized carbons (Fsp3) is 0.600. The molecule has 1 aliphatic heterocycles. The van der Waals surface area contributed by atoms with Crippen LogP contribution in [0.3, 0.4) is 0 Å². The van der Waals surface area contributed by atoms with Crippen LogP contribution in [0.25, 0.3) is 0 Å². The van der Waals surface area contributed by atoms with E-state index in [0.717, 1.165) is 38.6 Å². The van der Waals surface area contributed by atoms with Crippen LogP contribution in [0.1, 0.15) is 42.5 Å². The van der Waals surface area contributed by atoms with Crippen LogP contribution in [0.2, 0.25) is 0 Å². The molecule has 1 heterocycles. The molecule has 1 saturated carbocycles. The molecular weight excluding hydrogens is 349 g/mol. The van der Waals surface area contributed by atoms with Crippen molar-refractivity contribution >= 4 is 11.8 Å². The third kappa shape index (κ3) is 4.30. The quantitative estimate of drug-likeness (QED) is 0.788. The van der Waals surface area contributed by atoms with Gasteiger partial charge in [0.25, 0.3) is 5.91 Å². The molecule has 0 radical (unpaired) electrons. The van der Waals surface area contributed by atoms with Gasteiger partial charge in [-0.15, -0.1) is 0 Å². The first kappa shape index (κ1) is 19.8. The second-order valence-corrected chi connectivity index (χ2v) is 7.76. The van der Waals surface area contributed by atoms with Crippen LogP contribution in [0.5, 0.6) is 0 Å². The molecule has 1 saturated heterocycles. The molecule has 148 valence electrons. The van der Waals surface area contributed by atoms with Crippen LogP contribution >= 0.6 is 0 Å². The Morgan fingerprint density at radius 1 is 1.22 bits per heavy atom. The van der Waals surface area contributed by atoms with Crippen molar-refractivity contribution in [1.82, 2.24) is 10.2 Å². The number of carbonyl (C=O) groups excluding carboxylic acids is 2. The number of nitrogens with zero attached hydrogens (tertiary/aromatic N) is 1. The fourth-order valence-electron chi connectivity index (χ4n) is 3.96. The summed E-state index contributed by atoms with van der Waals surface area (Å²) in [6.45, 7) is 1.55. The highest BCUT2D eigenvalue weighted by atomic mass is 19.1. The maximum Gasteiger partial charge on any atom is 0.256 e. The summed E-state index contributed by atoms with van der Waals surface area (Å²) in [7, 11) is 4.04. The van der Waals surface area contributed by atoms with E-state index in [2.05, 4.69) is 5.32 Å². The van der Waals surface area contributed by atoms with Crippen molar-refractivity contribution in [2.45, 2.75) is 43.9 Å². The van der Waals surface area contributed by atoms with Gasteiger partial charge >= 0.3 is 0 Å². The van der Waals surface area contributed by atoms with Gasteiger partial charge < -0.3 is 15.0 Å². The number of hydrogen-bond acceptors (Lipinski definition) is 3. The molecule has 0 bridgehead atoms. The van der Waals surface area contributed by atoms with Gasteiger partial charge in [-0.05, 0) is 49.9 Å². The summed E-state index contributed by atoms with van der Waals surface area (Å²) >= 11 is 0. The number of amides is 2. The molecule has 1 aromatic rings. The summed E-state index contributed by atoms with van der Waals surface area (Å²) in [5, 5.41) is 2.93. The molecule has 0 unspecified atom stereocenters. The SMILES string of the molecule is C[NH+](C)CCNC(=O)[C@@H]1COC2(CCCCC2)N1C(=O)c1ccc(F)cc1. The highest BCUT2D eigenvalue weighted by Gasteiger charge is 2.52. The van der Waals surface area contributed by atoms with Gasteiger partial charge in [0.1, 0.15) is 17.6 Å². The lowest BCUT2D eigenvalue weighted by Gasteiger charge is -2.41. The van der Waals surface area contributed by atoms with E-state index in [1.165, 1.54) is 29.2 Å². The molecule has 1 atom stereocenters. The Kier molecular flexibility index (Phi) is 6.11. The number of benzene rings is 1. The van der Waals surface area contributed by atoms with E-state index in [0.29, 0.717) is 12.1 Å². The Morgan fingerprint density at radius 3 is 2.52 bits per heavy atom.